The predicted octanol–water partition coefficient (Wildman–Crippen LogP) is 0.407. The van der Waals surface area contributed by atoms with Gasteiger partial charge in [-0.05, 0) is 22.0 Å². The Morgan fingerprint density at radius 3 is 2.95 bits per heavy atom. The van der Waals surface area contributed by atoms with Crippen LogP contribution >= 0.6 is 15.9 Å². The molecule has 0 spiro atoms. The van der Waals surface area contributed by atoms with Crippen molar-refractivity contribution in [3.05, 3.63) is 22.9 Å². The Balaban J connectivity index is 2.38. The Kier molecular flexibility index (Phi) is 4.74. The minimum Gasteiger partial charge on any atom is -0.468 e. The second kappa shape index (κ2) is 6.17. The van der Waals surface area contributed by atoms with Crippen LogP contribution in [0.5, 0.6) is 0 Å². The predicted molar refractivity (Wildman–Crippen MR) is 72.5 cm³/mol. The molecule has 1 unspecified atom stereocenters. The highest BCUT2D eigenvalue weighted by Gasteiger charge is 2.39. The summed E-state index contributed by atoms with van der Waals surface area (Å²) in [5.41, 5.74) is 0. The van der Waals surface area contributed by atoms with Gasteiger partial charge in [-0.25, -0.2) is 8.42 Å². The highest BCUT2D eigenvalue weighted by Crippen LogP contribution is 2.22. The van der Waals surface area contributed by atoms with Crippen molar-refractivity contribution >= 4 is 31.9 Å². The maximum Gasteiger partial charge on any atom is 0.326 e. The molecule has 0 amide bonds. The van der Waals surface area contributed by atoms with Crippen molar-refractivity contribution in [1.29, 1.82) is 0 Å². The first-order valence-corrected chi connectivity index (χ1v) is 7.98. The molecular weight excluding hydrogens is 352 g/mol. The summed E-state index contributed by atoms with van der Waals surface area (Å²) in [6.45, 7) is 0.302. The van der Waals surface area contributed by atoms with E-state index < -0.39 is 22.0 Å². The molecule has 0 N–H and O–H groups in total. The quantitative estimate of drug-likeness (QED) is 0.722. The minimum atomic E-state index is -3.83. The first-order chi connectivity index (χ1) is 9.46. The fourth-order valence-corrected chi connectivity index (χ4v) is 3.92. The number of hydrogen-bond donors (Lipinski definition) is 0. The first kappa shape index (κ1) is 15.4. The number of esters is 1. The van der Waals surface area contributed by atoms with Crippen molar-refractivity contribution < 1.29 is 22.7 Å². The first-order valence-electron chi connectivity index (χ1n) is 5.75. The van der Waals surface area contributed by atoms with Crippen molar-refractivity contribution in [1.82, 2.24) is 9.29 Å². The van der Waals surface area contributed by atoms with Gasteiger partial charge in [0, 0.05) is 23.4 Å². The van der Waals surface area contributed by atoms with Crippen molar-refractivity contribution in [2.24, 2.45) is 0 Å². The van der Waals surface area contributed by atoms with Crippen LogP contribution in [-0.2, 0) is 24.3 Å². The molecule has 1 atom stereocenters. The van der Waals surface area contributed by atoms with Gasteiger partial charge in [-0.3, -0.25) is 9.78 Å². The summed E-state index contributed by atoms with van der Waals surface area (Å²) in [7, 11) is -2.62. The van der Waals surface area contributed by atoms with Gasteiger partial charge in [0.05, 0.1) is 20.3 Å². The van der Waals surface area contributed by atoms with Gasteiger partial charge in [0.1, 0.15) is 10.9 Å². The second-order valence-corrected chi connectivity index (χ2v) is 6.87. The summed E-state index contributed by atoms with van der Waals surface area (Å²) in [6.07, 6.45) is 2.72. The Morgan fingerprint density at radius 1 is 1.55 bits per heavy atom. The van der Waals surface area contributed by atoms with Crippen molar-refractivity contribution in [2.45, 2.75) is 10.9 Å². The van der Waals surface area contributed by atoms with Gasteiger partial charge in [0.15, 0.2) is 0 Å². The Morgan fingerprint density at radius 2 is 2.30 bits per heavy atom. The molecule has 0 aliphatic carbocycles. The van der Waals surface area contributed by atoms with Crippen LogP contribution in [0.4, 0.5) is 0 Å². The SMILES string of the molecule is COC(=O)C1COCCN1S(=O)(=O)c1cncc(Br)c1. The van der Waals surface area contributed by atoms with E-state index in [0.29, 0.717) is 4.47 Å². The zero-order valence-corrected chi connectivity index (χ0v) is 13.1. The molecule has 1 aliphatic heterocycles. The molecule has 1 fully saturated rings. The van der Waals surface area contributed by atoms with Crippen molar-refractivity contribution in [3.63, 3.8) is 0 Å². The number of hydrogen-bond acceptors (Lipinski definition) is 6. The maximum absolute atomic E-state index is 12.6. The molecule has 2 heterocycles. The average Bonchev–Trinajstić information content (AvgIpc) is 2.46. The summed E-state index contributed by atoms with van der Waals surface area (Å²) >= 11 is 3.17. The zero-order chi connectivity index (χ0) is 14.8. The van der Waals surface area contributed by atoms with Crippen LogP contribution in [0.3, 0.4) is 0 Å². The lowest BCUT2D eigenvalue weighted by atomic mass is 10.3. The van der Waals surface area contributed by atoms with Gasteiger partial charge >= 0.3 is 5.97 Å². The van der Waals surface area contributed by atoms with Crippen LogP contribution in [0.2, 0.25) is 0 Å². The third kappa shape index (κ3) is 3.00. The largest absolute Gasteiger partial charge is 0.468 e. The molecule has 0 saturated carbocycles. The summed E-state index contributed by atoms with van der Waals surface area (Å²) in [4.78, 5) is 15.5. The van der Waals surface area contributed by atoms with Crippen molar-refractivity contribution in [3.8, 4) is 0 Å². The number of morpholine rings is 1. The third-order valence-corrected chi connectivity index (χ3v) is 5.15. The molecular formula is C11H13BrN2O5S. The van der Waals surface area contributed by atoms with Crippen LogP contribution in [0.25, 0.3) is 0 Å². The molecule has 20 heavy (non-hydrogen) atoms. The van der Waals surface area contributed by atoms with E-state index in [1.54, 1.807) is 0 Å². The van der Waals surface area contributed by atoms with Crippen molar-refractivity contribution in [2.75, 3.05) is 26.9 Å². The number of rotatable bonds is 3. The highest BCUT2D eigenvalue weighted by atomic mass is 79.9. The van der Waals surface area contributed by atoms with Gasteiger partial charge in [-0.1, -0.05) is 0 Å². The molecule has 1 aromatic rings. The number of sulfonamides is 1. The molecule has 110 valence electrons. The molecule has 9 heteroatoms. The zero-order valence-electron chi connectivity index (χ0n) is 10.7. The van der Waals surface area contributed by atoms with E-state index in [2.05, 4.69) is 25.7 Å². The minimum absolute atomic E-state index is 0.0164. The lowest BCUT2D eigenvalue weighted by Crippen LogP contribution is -2.52. The van der Waals surface area contributed by atoms with Gasteiger partial charge in [0.25, 0.3) is 0 Å². The van der Waals surface area contributed by atoms with Gasteiger partial charge in [-0.2, -0.15) is 4.31 Å². The fourth-order valence-electron chi connectivity index (χ4n) is 1.87. The lowest BCUT2D eigenvalue weighted by Gasteiger charge is -2.32. The summed E-state index contributed by atoms with van der Waals surface area (Å²) in [5.74, 6) is -0.642. The lowest BCUT2D eigenvalue weighted by molar-refractivity contribution is -0.149. The Hall–Kier alpha value is -1.03. The van der Waals surface area contributed by atoms with E-state index in [0.717, 1.165) is 4.31 Å². The number of nitrogens with zero attached hydrogens (tertiary/aromatic N) is 2. The smallest absolute Gasteiger partial charge is 0.326 e. The maximum atomic E-state index is 12.6. The number of pyridine rings is 1. The molecule has 2 rings (SSSR count). The van der Waals surface area contributed by atoms with Gasteiger partial charge in [0.2, 0.25) is 10.0 Å². The van der Waals surface area contributed by atoms with Crippen LogP contribution in [0, 0.1) is 0 Å². The van der Waals surface area contributed by atoms with Crippen LogP contribution in [-0.4, -0.2) is 56.6 Å². The summed E-state index contributed by atoms with van der Waals surface area (Å²) in [5, 5.41) is 0. The number of ether oxygens (including phenoxy) is 2. The monoisotopic (exact) mass is 364 g/mol. The number of methoxy groups -OCH3 is 1. The average molecular weight is 365 g/mol. The molecule has 1 aromatic heterocycles. The van der Waals surface area contributed by atoms with E-state index in [9.17, 15) is 13.2 Å². The molecule has 1 saturated heterocycles. The van der Waals surface area contributed by atoms with E-state index in [1.807, 2.05) is 0 Å². The van der Waals surface area contributed by atoms with Gasteiger partial charge < -0.3 is 9.47 Å². The van der Waals surface area contributed by atoms with E-state index in [4.69, 9.17) is 4.74 Å². The van der Waals surface area contributed by atoms with Crippen LogP contribution in [0.1, 0.15) is 0 Å². The van der Waals surface area contributed by atoms with E-state index in [-0.39, 0.29) is 24.7 Å². The highest BCUT2D eigenvalue weighted by molar-refractivity contribution is 9.10. The second-order valence-electron chi connectivity index (χ2n) is 4.07. The molecule has 1 aliphatic rings. The molecule has 0 bridgehead atoms. The van der Waals surface area contributed by atoms with E-state index in [1.165, 1.54) is 25.6 Å². The number of aromatic nitrogens is 1. The summed E-state index contributed by atoms with van der Waals surface area (Å²) < 4.78 is 36.6. The standard InChI is InChI=1S/C11H13BrN2O5S/c1-18-11(15)10-7-19-3-2-14(10)20(16,17)9-4-8(12)5-13-6-9/h4-6,10H,2-3,7H2,1H3. The van der Waals surface area contributed by atoms with E-state index >= 15 is 0 Å². The normalized spacial score (nSPS) is 20.6. The summed E-state index contributed by atoms with van der Waals surface area (Å²) in [6, 6.07) is 0.462. The molecule has 0 radical (unpaired) electrons. The number of carbonyl (C=O) groups is 1. The number of halogens is 1. The Bertz CT molecular complexity index is 607. The third-order valence-electron chi connectivity index (χ3n) is 2.84. The van der Waals surface area contributed by atoms with Gasteiger partial charge in [-0.15, -0.1) is 0 Å². The Labute approximate surface area is 125 Å². The molecule has 0 aromatic carbocycles. The number of carbonyl (C=O) groups excluding carboxylic acids is 1. The fraction of sp³-hybridized carbons (Fsp3) is 0.455. The molecule has 7 nitrogen and oxygen atoms in total. The van der Waals surface area contributed by atoms with Crippen LogP contribution in [0.15, 0.2) is 27.8 Å². The van der Waals surface area contributed by atoms with Crippen LogP contribution < -0.4 is 0 Å². The topological polar surface area (TPSA) is 85.8 Å².